The van der Waals surface area contributed by atoms with Crippen LogP contribution in [0.15, 0.2) is 47.6 Å². The van der Waals surface area contributed by atoms with E-state index in [0.717, 1.165) is 22.5 Å². The summed E-state index contributed by atoms with van der Waals surface area (Å²) in [6, 6.07) is 12.9. The quantitative estimate of drug-likeness (QED) is 0.584. The van der Waals surface area contributed by atoms with E-state index >= 15 is 0 Å². The number of carbonyl (C=O) groups is 2. The van der Waals surface area contributed by atoms with Crippen molar-refractivity contribution in [3.05, 3.63) is 63.6 Å². The lowest BCUT2D eigenvalue weighted by Gasteiger charge is -2.19. The molecule has 6 nitrogen and oxygen atoms in total. The summed E-state index contributed by atoms with van der Waals surface area (Å²) in [7, 11) is 0. The second kappa shape index (κ2) is 9.76. The van der Waals surface area contributed by atoms with Crippen molar-refractivity contribution in [3.63, 3.8) is 0 Å². The first-order valence-electron chi connectivity index (χ1n) is 9.33. The number of hydrogen-bond acceptors (Lipinski definition) is 4. The number of benzene rings is 2. The first-order chi connectivity index (χ1) is 13.9. The molecule has 0 saturated heterocycles. The molecule has 3 rings (SSSR count). The van der Waals surface area contributed by atoms with E-state index in [4.69, 9.17) is 23.2 Å². The third-order valence-electron chi connectivity index (χ3n) is 4.58. The van der Waals surface area contributed by atoms with Crippen molar-refractivity contribution in [3.8, 4) is 0 Å². The number of nitrogens with one attached hydrogen (secondary N) is 3. The van der Waals surface area contributed by atoms with Crippen LogP contribution < -0.4 is 16.1 Å². The Balaban J connectivity index is 1.43. The Labute approximate surface area is 179 Å². The SMILES string of the molecule is CC1CC(=O)NN=C1c1ccc(NCCNC(=O)Cc2ccc(Cl)cc2Cl)cc1. The van der Waals surface area contributed by atoms with Gasteiger partial charge in [-0.3, -0.25) is 9.59 Å². The molecule has 0 spiro atoms. The van der Waals surface area contributed by atoms with E-state index in [-0.39, 0.29) is 24.2 Å². The molecule has 0 saturated carbocycles. The summed E-state index contributed by atoms with van der Waals surface area (Å²) in [6.45, 7) is 3.07. The van der Waals surface area contributed by atoms with Crippen molar-refractivity contribution >= 4 is 46.4 Å². The van der Waals surface area contributed by atoms with Gasteiger partial charge in [0, 0.05) is 41.2 Å². The fourth-order valence-corrected chi connectivity index (χ4v) is 3.55. The third kappa shape index (κ3) is 5.95. The lowest BCUT2D eigenvalue weighted by molar-refractivity contribution is -0.122. The van der Waals surface area contributed by atoms with Crippen LogP contribution in [-0.2, 0) is 16.0 Å². The minimum atomic E-state index is -0.0993. The highest BCUT2D eigenvalue weighted by Gasteiger charge is 2.21. The normalized spacial score (nSPS) is 16.0. The fourth-order valence-electron chi connectivity index (χ4n) is 3.07. The zero-order valence-corrected chi connectivity index (χ0v) is 17.5. The Kier molecular flexibility index (Phi) is 7.12. The number of carbonyl (C=O) groups excluding carboxylic acids is 2. The van der Waals surface area contributed by atoms with Gasteiger partial charge in [-0.1, -0.05) is 48.3 Å². The van der Waals surface area contributed by atoms with Gasteiger partial charge in [0.1, 0.15) is 0 Å². The molecular formula is C21H22Cl2N4O2. The van der Waals surface area contributed by atoms with Crippen LogP contribution in [0, 0.1) is 5.92 Å². The predicted octanol–water partition coefficient (Wildman–Crippen LogP) is 3.62. The van der Waals surface area contributed by atoms with E-state index in [1.54, 1.807) is 18.2 Å². The van der Waals surface area contributed by atoms with Gasteiger partial charge in [-0.05, 0) is 35.4 Å². The highest BCUT2D eigenvalue weighted by atomic mass is 35.5. The van der Waals surface area contributed by atoms with Gasteiger partial charge in [-0.2, -0.15) is 5.10 Å². The number of rotatable bonds is 7. The van der Waals surface area contributed by atoms with Crippen LogP contribution in [0.5, 0.6) is 0 Å². The van der Waals surface area contributed by atoms with Gasteiger partial charge >= 0.3 is 0 Å². The largest absolute Gasteiger partial charge is 0.383 e. The summed E-state index contributed by atoms with van der Waals surface area (Å²) >= 11 is 12.0. The fraction of sp³-hybridized carbons (Fsp3) is 0.286. The molecule has 0 radical (unpaired) electrons. The molecule has 1 aliphatic rings. The Morgan fingerprint density at radius 3 is 2.62 bits per heavy atom. The standard InChI is InChI=1S/C21H22Cl2N4O2/c1-13-10-20(29)26-27-21(13)14-3-6-17(7-4-14)24-8-9-25-19(28)11-15-2-5-16(22)12-18(15)23/h2-7,12-13,24H,8-11H2,1H3,(H,25,28)(H,26,29). The van der Waals surface area contributed by atoms with Crippen LogP contribution in [0.1, 0.15) is 24.5 Å². The molecule has 3 N–H and O–H groups in total. The van der Waals surface area contributed by atoms with Gasteiger partial charge in [-0.15, -0.1) is 0 Å². The number of nitrogens with zero attached hydrogens (tertiary/aromatic N) is 1. The zero-order valence-electron chi connectivity index (χ0n) is 16.0. The van der Waals surface area contributed by atoms with Crippen LogP contribution in [-0.4, -0.2) is 30.6 Å². The minimum absolute atomic E-state index is 0.0556. The topological polar surface area (TPSA) is 82.6 Å². The molecule has 29 heavy (non-hydrogen) atoms. The maximum Gasteiger partial charge on any atom is 0.240 e. The van der Waals surface area contributed by atoms with Crippen molar-refractivity contribution in [2.24, 2.45) is 11.0 Å². The van der Waals surface area contributed by atoms with Crippen molar-refractivity contribution in [1.29, 1.82) is 0 Å². The molecule has 152 valence electrons. The van der Waals surface area contributed by atoms with Gasteiger partial charge < -0.3 is 10.6 Å². The Morgan fingerprint density at radius 1 is 1.17 bits per heavy atom. The monoisotopic (exact) mass is 432 g/mol. The summed E-state index contributed by atoms with van der Waals surface area (Å²) in [5.41, 5.74) is 6.08. The highest BCUT2D eigenvalue weighted by molar-refractivity contribution is 6.35. The van der Waals surface area contributed by atoms with Crippen molar-refractivity contribution in [2.75, 3.05) is 18.4 Å². The summed E-state index contributed by atoms with van der Waals surface area (Å²) < 4.78 is 0. The molecule has 1 atom stereocenters. The van der Waals surface area contributed by atoms with E-state index in [1.807, 2.05) is 31.2 Å². The van der Waals surface area contributed by atoms with Gasteiger partial charge in [-0.25, -0.2) is 5.43 Å². The Bertz CT molecular complexity index is 929. The summed E-state index contributed by atoms with van der Waals surface area (Å²) in [4.78, 5) is 23.4. The van der Waals surface area contributed by atoms with Gasteiger partial charge in [0.15, 0.2) is 0 Å². The molecule has 2 aromatic rings. The van der Waals surface area contributed by atoms with Crippen molar-refractivity contribution in [2.45, 2.75) is 19.8 Å². The molecule has 8 heteroatoms. The number of amides is 2. The number of halogens is 2. The van der Waals surface area contributed by atoms with E-state index < -0.39 is 0 Å². The lowest BCUT2D eigenvalue weighted by atomic mass is 9.94. The van der Waals surface area contributed by atoms with E-state index in [9.17, 15) is 9.59 Å². The average molecular weight is 433 g/mol. The molecule has 1 heterocycles. The second-order valence-corrected chi connectivity index (χ2v) is 7.75. The molecule has 0 aliphatic carbocycles. The van der Waals surface area contributed by atoms with Crippen molar-refractivity contribution in [1.82, 2.24) is 10.7 Å². The van der Waals surface area contributed by atoms with Gasteiger partial charge in [0.25, 0.3) is 0 Å². The average Bonchev–Trinajstić information content (AvgIpc) is 2.68. The van der Waals surface area contributed by atoms with Crippen LogP contribution in [0.2, 0.25) is 10.0 Å². The Morgan fingerprint density at radius 2 is 1.93 bits per heavy atom. The third-order valence-corrected chi connectivity index (χ3v) is 5.17. The maximum atomic E-state index is 12.1. The van der Waals surface area contributed by atoms with E-state index in [0.29, 0.717) is 29.6 Å². The van der Waals surface area contributed by atoms with Crippen LogP contribution in [0.4, 0.5) is 5.69 Å². The minimum Gasteiger partial charge on any atom is -0.383 e. The highest BCUT2D eigenvalue weighted by Crippen LogP contribution is 2.21. The second-order valence-electron chi connectivity index (χ2n) is 6.90. The maximum absolute atomic E-state index is 12.1. The number of hydrazone groups is 1. The molecule has 1 unspecified atom stereocenters. The summed E-state index contributed by atoms with van der Waals surface area (Å²) in [6.07, 6.45) is 0.654. The number of anilines is 1. The van der Waals surface area contributed by atoms with Crippen molar-refractivity contribution < 1.29 is 9.59 Å². The molecule has 0 aromatic heterocycles. The van der Waals surface area contributed by atoms with E-state index in [2.05, 4.69) is 21.2 Å². The van der Waals surface area contributed by atoms with Crippen LogP contribution >= 0.6 is 23.2 Å². The summed E-state index contributed by atoms with van der Waals surface area (Å²) in [5.74, 6) is -0.0652. The predicted molar refractivity (Wildman–Crippen MR) is 117 cm³/mol. The lowest BCUT2D eigenvalue weighted by Crippen LogP contribution is -2.32. The molecule has 0 fully saturated rings. The van der Waals surface area contributed by atoms with E-state index in [1.165, 1.54) is 0 Å². The molecule has 2 aromatic carbocycles. The Hall–Kier alpha value is -2.57. The first-order valence-corrected chi connectivity index (χ1v) is 10.1. The first kappa shape index (κ1) is 21.1. The zero-order chi connectivity index (χ0) is 20.8. The van der Waals surface area contributed by atoms with Gasteiger partial charge in [0.05, 0.1) is 12.1 Å². The van der Waals surface area contributed by atoms with Gasteiger partial charge in [0.2, 0.25) is 11.8 Å². The summed E-state index contributed by atoms with van der Waals surface area (Å²) in [5, 5.41) is 11.3. The smallest absolute Gasteiger partial charge is 0.240 e. The van der Waals surface area contributed by atoms with Crippen LogP contribution in [0.25, 0.3) is 0 Å². The van der Waals surface area contributed by atoms with Crippen LogP contribution in [0.3, 0.4) is 0 Å². The molecule has 1 aliphatic heterocycles. The molecule has 0 bridgehead atoms. The molecular weight excluding hydrogens is 411 g/mol. The molecule has 2 amide bonds. The number of hydrogen-bond donors (Lipinski definition) is 3.